The molecule has 0 radical (unpaired) electrons. The lowest BCUT2D eigenvalue weighted by Crippen LogP contribution is -2.19. The summed E-state index contributed by atoms with van der Waals surface area (Å²) in [5, 5.41) is 15.7. The Morgan fingerprint density at radius 3 is 1.62 bits per heavy atom. The largest absolute Gasteiger partial charge is 0.481 e. The summed E-state index contributed by atoms with van der Waals surface area (Å²) in [5.41, 5.74) is 4.99. The quantitative estimate of drug-likeness (QED) is 0.509. The van der Waals surface area contributed by atoms with Gasteiger partial charge in [-0.1, -0.05) is 6.92 Å². The molecule has 0 saturated heterocycles. The van der Waals surface area contributed by atoms with E-state index in [0.717, 1.165) is 6.92 Å². The molecule has 0 aliphatic rings. The summed E-state index contributed by atoms with van der Waals surface area (Å²) in [7, 11) is 0. The molecule has 0 rings (SSSR count). The number of carbonyl (C=O) groups is 3. The number of carboxylic acid groups (broad SMARTS) is 2. The van der Waals surface area contributed by atoms with Crippen molar-refractivity contribution in [2.45, 2.75) is 13.8 Å². The van der Waals surface area contributed by atoms with Gasteiger partial charge >= 0.3 is 11.9 Å². The van der Waals surface area contributed by atoms with E-state index in [2.05, 4.69) is 0 Å². The Balaban J connectivity index is 0. The third kappa shape index (κ3) is 10.6. The summed E-state index contributed by atoms with van der Waals surface area (Å²) in [6.07, 6.45) is 0. The van der Waals surface area contributed by atoms with E-state index >= 15 is 0 Å². The normalized spacial score (nSPS) is 10.7. The van der Waals surface area contributed by atoms with Crippen molar-refractivity contribution >= 4 is 17.7 Å². The zero-order valence-electron chi connectivity index (χ0n) is 7.48. The van der Waals surface area contributed by atoms with E-state index in [1.165, 1.54) is 0 Å². The third-order valence-corrected chi connectivity index (χ3v) is 1.08. The molecular formula is C7H13NO5. The predicted octanol–water partition coefficient (Wildman–Crippen LogP) is -0.674. The Kier molecular flexibility index (Phi) is 7.85. The van der Waals surface area contributed by atoms with Crippen LogP contribution in [0.2, 0.25) is 0 Å². The molecule has 0 bridgehead atoms. The minimum absolute atomic E-state index is 0.218. The molecular weight excluding hydrogens is 178 g/mol. The van der Waals surface area contributed by atoms with Crippen molar-refractivity contribution in [3.8, 4) is 0 Å². The molecule has 0 aromatic heterocycles. The highest BCUT2D eigenvalue weighted by atomic mass is 16.4. The maximum Gasteiger partial charge on any atom is 0.371 e. The minimum Gasteiger partial charge on any atom is -0.481 e. The number of aliphatic carboxylic acids is 2. The van der Waals surface area contributed by atoms with Crippen LogP contribution in [-0.4, -0.2) is 34.5 Å². The molecule has 6 nitrogen and oxygen atoms in total. The average molecular weight is 191 g/mol. The maximum atomic E-state index is 9.85. The molecule has 76 valence electrons. The summed E-state index contributed by atoms with van der Waals surface area (Å²) >= 11 is 0. The van der Waals surface area contributed by atoms with Crippen molar-refractivity contribution in [3.63, 3.8) is 0 Å². The van der Waals surface area contributed by atoms with E-state index in [-0.39, 0.29) is 6.54 Å². The monoisotopic (exact) mass is 191 g/mol. The second-order valence-corrected chi connectivity index (χ2v) is 2.34. The molecule has 4 N–H and O–H groups in total. The first-order valence-electron chi connectivity index (χ1n) is 3.49. The van der Waals surface area contributed by atoms with Gasteiger partial charge in [-0.05, 0) is 0 Å². The van der Waals surface area contributed by atoms with Gasteiger partial charge in [-0.2, -0.15) is 0 Å². The SMILES string of the molecule is CC(=O)C(=O)O.C[C@H](CN)C(=O)O. The maximum absolute atomic E-state index is 9.85. The van der Waals surface area contributed by atoms with E-state index in [4.69, 9.17) is 15.9 Å². The van der Waals surface area contributed by atoms with Crippen LogP contribution in [0.25, 0.3) is 0 Å². The van der Waals surface area contributed by atoms with Gasteiger partial charge in [0.25, 0.3) is 0 Å². The minimum atomic E-state index is -1.38. The lowest BCUT2D eigenvalue weighted by molar-refractivity contribution is -0.148. The zero-order chi connectivity index (χ0) is 11.0. The standard InChI is InChI=1S/C4H9NO2.C3H4O3/c1-3(2-5)4(6)7;1-2(4)3(5)6/h3H,2,5H2,1H3,(H,6,7);1H3,(H,5,6)/t3-;/m1./s1. The van der Waals surface area contributed by atoms with Gasteiger partial charge in [0.05, 0.1) is 5.92 Å². The van der Waals surface area contributed by atoms with E-state index in [1.807, 2.05) is 0 Å². The van der Waals surface area contributed by atoms with Crippen molar-refractivity contribution in [1.29, 1.82) is 0 Å². The number of nitrogens with two attached hydrogens (primary N) is 1. The van der Waals surface area contributed by atoms with Crippen molar-refractivity contribution in [3.05, 3.63) is 0 Å². The lowest BCUT2D eigenvalue weighted by Gasteiger charge is -1.96. The van der Waals surface area contributed by atoms with Crippen LogP contribution in [-0.2, 0) is 14.4 Å². The molecule has 0 unspecified atom stereocenters. The van der Waals surface area contributed by atoms with Crippen LogP contribution in [0.5, 0.6) is 0 Å². The Morgan fingerprint density at radius 2 is 1.62 bits per heavy atom. The van der Waals surface area contributed by atoms with Gasteiger partial charge in [0.15, 0.2) is 0 Å². The van der Waals surface area contributed by atoms with E-state index in [9.17, 15) is 14.4 Å². The van der Waals surface area contributed by atoms with Gasteiger partial charge in [-0.3, -0.25) is 9.59 Å². The van der Waals surface area contributed by atoms with Gasteiger partial charge in [-0.25, -0.2) is 4.79 Å². The number of hydrogen-bond acceptors (Lipinski definition) is 4. The molecule has 6 heteroatoms. The first-order valence-corrected chi connectivity index (χ1v) is 3.49. The molecule has 0 aliphatic carbocycles. The number of Topliss-reactive ketones (excluding diaryl/α,β-unsaturated/α-hetero) is 1. The van der Waals surface area contributed by atoms with Crippen LogP contribution in [0.15, 0.2) is 0 Å². The van der Waals surface area contributed by atoms with Crippen LogP contribution < -0.4 is 5.73 Å². The van der Waals surface area contributed by atoms with Crippen LogP contribution >= 0.6 is 0 Å². The van der Waals surface area contributed by atoms with Crippen LogP contribution in [0.1, 0.15) is 13.8 Å². The first-order chi connectivity index (χ1) is 5.82. The topological polar surface area (TPSA) is 118 Å². The third-order valence-electron chi connectivity index (χ3n) is 1.08. The van der Waals surface area contributed by atoms with Gasteiger partial charge in [0, 0.05) is 13.5 Å². The van der Waals surface area contributed by atoms with Crippen molar-refractivity contribution in [2.75, 3.05) is 6.54 Å². The number of ketones is 1. The Hall–Kier alpha value is -1.43. The Morgan fingerprint density at radius 1 is 1.31 bits per heavy atom. The molecule has 0 heterocycles. The van der Waals surface area contributed by atoms with Crippen molar-refractivity contribution in [2.24, 2.45) is 11.7 Å². The van der Waals surface area contributed by atoms with Gasteiger partial charge in [0.1, 0.15) is 0 Å². The molecule has 0 aromatic rings. The highest BCUT2D eigenvalue weighted by Crippen LogP contribution is 1.87. The van der Waals surface area contributed by atoms with E-state index in [0.29, 0.717) is 0 Å². The number of carboxylic acids is 2. The smallest absolute Gasteiger partial charge is 0.371 e. The summed E-state index contributed by atoms with van der Waals surface area (Å²) in [5.74, 6) is -3.44. The predicted molar refractivity (Wildman–Crippen MR) is 44.2 cm³/mol. The van der Waals surface area contributed by atoms with Gasteiger partial charge < -0.3 is 15.9 Å². The fraction of sp³-hybridized carbons (Fsp3) is 0.571. The highest BCUT2D eigenvalue weighted by Gasteiger charge is 2.05. The molecule has 1 atom stereocenters. The molecule has 0 fully saturated rings. The van der Waals surface area contributed by atoms with E-state index in [1.54, 1.807) is 6.92 Å². The Labute approximate surface area is 75.3 Å². The van der Waals surface area contributed by atoms with Crippen LogP contribution in [0.3, 0.4) is 0 Å². The second-order valence-electron chi connectivity index (χ2n) is 2.34. The molecule has 13 heavy (non-hydrogen) atoms. The first kappa shape index (κ1) is 14.1. The number of carbonyl (C=O) groups excluding carboxylic acids is 1. The Bertz CT molecular complexity index is 189. The molecule has 0 amide bonds. The zero-order valence-corrected chi connectivity index (χ0v) is 7.48. The number of hydrogen-bond donors (Lipinski definition) is 3. The highest BCUT2D eigenvalue weighted by molar-refractivity contribution is 6.31. The van der Waals surface area contributed by atoms with Crippen molar-refractivity contribution in [1.82, 2.24) is 0 Å². The summed E-state index contributed by atoms with van der Waals surface area (Å²) < 4.78 is 0. The average Bonchev–Trinajstić information content (AvgIpc) is 2.03. The fourth-order valence-corrected chi connectivity index (χ4v) is 0.101. The summed E-state index contributed by atoms with van der Waals surface area (Å²) in [6, 6.07) is 0. The van der Waals surface area contributed by atoms with Crippen LogP contribution in [0, 0.1) is 5.92 Å². The molecule has 0 aromatic carbocycles. The second kappa shape index (κ2) is 7.23. The molecule has 0 aliphatic heterocycles. The number of rotatable bonds is 3. The molecule has 0 saturated carbocycles. The van der Waals surface area contributed by atoms with Gasteiger partial charge in [0.2, 0.25) is 5.78 Å². The van der Waals surface area contributed by atoms with Crippen molar-refractivity contribution < 1.29 is 24.6 Å². The van der Waals surface area contributed by atoms with Crippen LogP contribution in [0.4, 0.5) is 0 Å². The molecule has 0 spiro atoms. The fourth-order valence-electron chi connectivity index (χ4n) is 0.101. The summed E-state index contributed by atoms with van der Waals surface area (Å²) in [6.45, 7) is 2.79. The summed E-state index contributed by atoms with van der Waals surface area (Å²) in [4.78, 5) is 28.7. The van der Waals surface area contributed by atoms with E-state index < -0.39 is 23.6 Å². The lowest BCUT2D eigenvalue weighted by atomic mass is 10.2. The van der Waals surface area contributed by atoms with Gasteiger partial charge in [-0.15, -0.1) is 0 Å².